The van der Waals surface area contributed by atoms with E-state index in [1.54, 1.807) is 6.92 Å². The number of halogens is 3. The van der Waals surface area contributed by atoms with Crippen LogP contribution < -0.4 is 5.30 Å². The Bertz CT molecular complexity index is 526. The lowest BCUT2D eigenvalue weighted by Gasteiger charge is -2.25. The fourth-order valence-corrected chi connectivity index (χ4v) is 3.17. The number of allylic oxidation sites excluding steroid dienone is 4. The van der Waals surface area contributed by atoms with Gasteiger partial charge in [0.25, 0.3) is 0 Å². The molecule has 1 aromatic carbocycles. The van der Waals surface area contributed by atoms with Gasteiger partial charge in [-0.1, -0.05) is 11.6 Å². The summed E-state index contributed by atoms with van der Waals surface area (Å²) < 4.78 is 40.6. The highest BCUT2D eigenvalue weighted by Crippen LogP contribution is 2.38. The second-order valence-corrected chi connectivity index (χ2v) is 5.79. The molecule has 0 spiro atoms. The number of hydrogen-bond acceptors (Lipinski definition) is 0. The average molecular weight is 288 g/mol. The Kier molecular flexibility index (Phi) is 3.94. The van der Waals surface area contributed by atoms with E-state index in [0.717, 1.165) is 11.6 Å². The summed E-state index contributed by atoms with van der Waals surface area (Å²) in [5.74, 6) is -2.76. The first-order valence-corrected chi connectivity index (χ1v) is 6.70. The van der Waals surface area contributed by atoms with Crippen molar-refractivity contribution in [2.45, 2.75) is 18.5 Å². The second kappa shape index (κ2) is 5.15. The summed E-state index contributed by atoms with van der Waals surface area (Å²) in [7, 11) is 4.66. The Morgan fingerprint density at radius 3 is 2.39 bits per heavy atom. The quantitative estimate of drug-likeness (QED) is 0.693. The molecule has 0 amide bonds. The summed E-state index contributed by atoms with van der Waals surface area (Å²) in [6.07, 6.45) is 3.32. The lowest BCUT2D eigenvalue weighted by atomic mass is 9.88. The molecule has 0 N–H and O–H groups in total. The maximum absolute atomic E-state index is 14.0. The molecule has 1 aliphatic carbocycles. The lowest BCUT2D eigenvalue weighted by Crippen LogP contribution is -2.17. The van der Waals surface area contributed by atoms with Crippen LogP contribution >= 0.6 is 18.5 Å². The minimum absolute atomic E-state index is 0.112. The fraction of sp³-hybridized carbons (Fsp3) is 0.231. The van der Waals surface area contributed by atoms with Crippen molar-refractivity contribution in [2.24, 2.45) is 0 Å². The molecule has 0 fully saturated rings. The van der Waals surface area contributed by atoms with Gasteiger partial charge in [-0.2, -0.15) is 0 Å². The van der Waals surface area contributed by atoms with Gasteiger partial charge in [0.1, 0.15) is 5.83 Å². The van der Waals surface area contributed by atoms with Gasteiger partial charge in [-0.05, 0) is 30.7 Å². The number of benzene rings is 1. The zero-order valence-electron chi connectivity index (χ0n) is 9.75. The van der Waals surface area contributed by atoms with Crippen molar-refractivity contribution in [3.8, 4) is 0 Å². The molecular weight excluding hydrogens is 275 g/mol. The Morgan fingerprint density at radius 2 is 1.83 bits per heavy atom. The average Bonchev–Trinajstić information content (AvgIpc) is 2.24. The molecule has 96 valence electrons. The molecule has 1 aliphatic rings. The van der Waals surface area contributed by atoms with Crippen LogP contribution in [0.4, 0.5) is 13.2 Å². The molecule has 5 heteroatoms. The predicted molar refractivity (Wildman–Crippen MR) is 74.9 cm³/mol. The highest BCUT2D eigenvalue weighted by molar-refractivity contribution is 7.27. The van der Waals surface area contributed by atoms with Crippen molar-refractivity contribution in [1.82, 2.24) is 0 Å². The molecule has 1 aromatic rings. The van der Waals surface area contributed by atoms with E-state index in [1.165, 1.54) is 12.1 Å². The molecule has 0 heterocycles. The van der Waals surface area contributed by atoms with E-state index in [9.17, 15) is 13.2 Å². The Labute approximate surface area is 109 Å². The van der Waals surface area contributed by atoms with Crippen LogP contribution in [0.3, 0.4) is 0 Å². The molecule has 0 aliphatic heterocycles. The molecule has 0 radical (unpaired) electrons. The monoisotopic (exact) mass is 288 g/mol. The maximum Gasteiger partial charge on any atom is 0.165 e. The minimum Gasteiger partial charge on any atom is -0.211 e. The van der Waals surface area contributed by atoms with Gasteiger partial charge in [-0.3, -0.25) is 0 Å². The number of rotatable bonds is 1. The van der Waals surface area contributed by atoms with E-state index < -0.39 is 17.6 Å². The van der Waals surface area contributed by atoms with Crippen molar-refractivity contribution in [3.63, 3.8) is 0 Å². The minimum atomic E-state index is -0.950. The summed E-state index contributed by atoms with van der Waals surface area (Å²) in [4.78, 5) is 0. The Balaban J connectivity index is 2.47. The molecule has 0 aromatic heterocycles. The van der Waals surface area contributed by atoms with Crippen LogP contribution in [0.15, 0.2) is 35.7 Å². The SMILES string of the molecule is CC1=CC(P)C(c2cc(F)c(F)c(P)c2)C(F)=C1. The molecule has 0 nitrogen and oxygen atoms in total. The first-order valence-electron chi connectivity index (χ1n) is 5.45. The van der Waals surface area contributed by atoms with Crippen LogP contribution in [0, 0.1) is 11.6 Å². The highest BCUT2D eigenvalue weighted by Gasteiger charge is 2.27. The Morgan fingerprint density at radius 1 is 1.17 bits per heavy atom. The van der Waals surface area contributed by atoms with Gasteiger partial charge in [0.15, 0.2) is 11.6 Å². The largest absolute Gasteiger partial charge is 0.211 e. The van der Waals surface area contributed by atoms with Crippen LogP contribution in [-0.4, -0.2) is 5.66 Å². The first kappa shape index (κ1) is 13.8. The van der Waals surface area contributed by atoms with E-state index >= 15 is 0 Å². The van der Waals surface area contributed by atoms with Gasteiger partial charge in [0.2, 0.25) is 0 Å². The molecule has 0 saturated carbocycles. The van der Waals surface area contributed by atoms with Crippen molar-refractivity contribution < 1.29 is 13.2 Å². The molecule has 2 rings (SSSR count). The zero-order valence-corrected chi connectivity index (χ0v) is 12.1. The third-order valence-corrected chi connectivity index (χ3v) is 3.94. The smallest absolute Gasteiger partial charge is 0.165 e. The predicted octanol–water partition coefficient (Wildman–Crippen LogP) is 3.61. The van der Waals surface area contributed by atoms with E-state index in [1.807, 2.05) is 6.08 Å². The number of hydrogen-bond donors (Lipinski definition) is 0. The van der Waals surface area contributed by atoms with E-state index in [-0.39, 0.29) is 16.8 Å². The molecular formula is C13H13F3P2. The highest BCUT2D eigenvalue weighted by atomic mass is 31.0. The molecule has 18 heavy (non-hydrogen) atoms. The van der Waals surface area contributed by atoms with Crippen LogP contribution in [-0.2, 0) is 0 Å². The summed E-state index contributed by atoms with van der Waals surface area (Å²) in [6, 6.07) is 2.53. The van der Waals surface area contributed by atoms with Gasteiger partial charge < -0.3 is 0 Å². The van der Waals surface area contributed by atoms with Crippen molar-refractivity contribution >= 4 is 23.8 Å². The molecule has 4 atom stereocenters. The Hall–Kier alpha value is -0.650. The van der Waals surface area contributed by atoms with Crippen molar-refractivity contribution in [2.75, 3.05) is 0 Å². The van der Waals surface area contributed by atoms with Crippen LogP contribution in [0.1, 0.15) is 18.4 Å². The lowest BCUT2D eigenvalue weighted by molar-refractivity contribution is 0.506. The second-order valence-electron chi connectivity index (χ2n) is 4.40. The van der Waals surface area contributed by atoms with Gasteiger partial charge in [0, 0.05) is 16.9 Å². The standard InChI is InChI=1S/C13H13F3P2/c1-6-2-8(14)12(10(17)3-6)7-4-9(15)13(16)11(18)5-7/h2-5,10,12H,17-18H2,1H3. The molecule has 0 saturated heterocycles. The van der Waals surface area contributed by atoms with Gasteiger partial charge in [0.05, 0.1) is 0 Å². The fourth-order valence-electron chi connectivity index (χ4n) is 2.13. The van der Waals surface area contributed by atoms with Crippen molar-refractivity contribution in [3.05, 3.63) is 52.9 Å². The molecule has 0 bridgehead atoms. The van der Waals surface area contributed by atoms with E-state index in [4.69, 9.17) is 0 Å². The van der Waals surface area contributed by atoms with Crippen LogP contribution in [0.5, 0.6) is 0 Å². The van der Waals surface area contributed by atoms with Crippen LogP contribution in [0.25, 0.3) is 0 Å². The van der Waals surface area contributed by atoms with Gasteiger partial charge >= 0.3 is 0 Å². The summed E-state index contributed by atoms with van der Waals surface area (Å²) in [6.45, 7) is 1.80. The van der Waals surface area contributed by atoms with Gasteiger partial charge in [-0.25, -0.2) is 13.2 Å². The summed E-state index contributed by atoms with van der Waals surface area (Å²) in [5.41, 5.74) is 1.11. The maximum atomic E-state index is 14.0. The summed E-state index contributed by atoms with van der Waals surface area (Å²) in [5, 5.41) is 0.112. The normalized spacial score (nSPS) is 23.7. The van der Waals surface area contributed by atoms with Crippen molar-refractivity contribution in [1.29, 1.82) is 0 Å². The third kappa shape index (κ3) is 2.53. The molecule has 4 unspecified atom stereocenters. The zero-order chi connectivity index (χ0) is 13.4. The van der Waals surface area contributed by atoms with Gasteiger partial charge in [-0.15, -0.1) is 18.5 Å². The van der Waals surface area contributed by atoms with E-state index in [0.29, 0.717) is 5.56 Å². The van der Waals surface area contributed by atoms with E-state index in [2.05, 4.69) is 18.5 Å². The topological polar surface area (TPSA) is 0 Å². The first-order chi connectivity index (χ1) is 8.40. The third-order valence-electron chi connectivity index (χ3n) is 2.94. The summed E-state index contributed by atoms with van der Waals surface area (Å²) >= 11 is 0. The van der Waals surface area contributed by atoms with Crippen LogP contribution in [0.2, 0.25) is 0 Å².